The summed E-state index contributed by atoms with van der Waals surface area (Å²) in [6, 6.07) is 0. The maximum Gasteiger partial charge on any atom is 0.206 e. The molecule has 0 heterocycles. The first-order valence-electron chi connectivity index (χ1n) is 44.2. The third-order valence-electron chi connectivity index (χ3n) is 30.2. The first kappa shape index (κ1) is 108. The van der Waals surface area contributed by atoms with Crippen molar-refractivity contribution in [1.29, 1.82) is 0 Å². The molecular formula is C48H152B40O6Si12. The van der Waals surface area contributed by atoms with E-state index in [1.165, 1.54) is 111 Å². The van der Waals surface area contributed by atoms with E-state index in [0.29, 0.717) is 88.2 Å². The van der Waals surface area contributed by atoms with Crippen molar-refractivity contribution in [3.8, 4) is 0 Å². The fraction of sp³-hybridized carbons (Fsp3) is 0.833. The summed E-state index contributed by atoms with van der Waals surface area (Å²) < 4.78 is 48.1. The molecule has 0 aliphatic carbocycles. The van der Waals surface area contributed by atoms with Crippen molar-refractivity contribution in [2.45, 2.75) is 255 Å². The van der Waals surface area contributed by atoms with E-state index >= 15 is 0 Å². The summed E-state index contributed by atoms with van der Waals surface area (Å²) in [5, 5.41) is 9.48. The van der Waals surface area contributed by atoms with Crippen LogP contribution in [0.15, 0.2) is 0 Å². The summed E-state index contributed by atoms with van der Waals surface area (Å²) in [7, 11) is 32.1. The predicted octanol–water partition coefficient (Wildman–Crippen LogP) is -14.1. The topological polar surface area (TPSA) is 55.4 Å². The van der Waals surface area contributed by atoms with Crippen LogP contribution in [-0.4, -0.2) is 389 Å². The normalized spacial score (nSPS) is 16.2. The maximum absolute atomic E-state index is 8.21. The Morgan fingerprint density at radius 3 is 0.726 bits per heavy atom. The zero-order valence-electron chi connectivity index (χ0n) is 81.9. The lowest BCUT2D eigenvalue weighted by molar-refractivity contribution is 0.544. The molecule has 0 fully saturated rings. The number of rotatable bonds is 46. The zero-order valence-corrected chi connectivity index (χ0v) is 93.9. The van der Waals surface area contributed by atoms with Gasteiger partial charge >= 0.3 is 0 Å². The van der Waals surface area contributed by atoms with Crippen molar-refractivity contribution >= 4 is 410 Å². The second kappa shape index (κ2) is 40.1. The molecule has 0 aliphatic rings. The third-order valence-corrected chi connectivity index (χ3v) is 77.4. The van der Waals surface area contributed by atoms with Gasteiger partial charge in [0, 0.05) is 54.2 Å². The van der Waals surface area contributed by atoms with Crippen LogP contribution in [0.3, 0.4) is 0 Å². The van der Waals surface area contributed by atoms with Gasteiger partial charge in [0.15, 0.2) is 66.5 Å². The largest absolute Gasteiger partial charge is 0.457 e. The molecule has 1 rings (SSSR count). The molecule has 0 aromatic heterocycles. The lowest BCUT2D eigenvalue weighted by Gasteiger charge is -2.57. The summed E-state index contributed by atoms with van der Waals surface area (Å²) in [4.78, 5) is 0. The first-order valence-corrected chi connectivity index (χ1v) is 80.9. The third kappa shape index (κ3) is 26.0. The average Bonchev–Trinajstić information content (AvgIpc) is 0.718. The van der Waals surface area contributed by atoms with Crippen LogP contribution in [-0.2, 0) is 24.7 Å². The highest BCUT2D eigenvalue weighted by atomic mass is 28.4. The van der Waals surface area contributed by atoms with Gasteiger partial charge in [-0.25, -0.2) is 0 Å². The fourth-order valence-corrected chi connectivity index (χ4v) is 83.6. The van der Waals surface area contributed by atoms with Gasteiger partial charge in [0.05, 0.1) is 235 Å². The van der Waals surface area contributed by atoms with Gasteiger partial charge in [0.2, 0.25) is 33.3 Å². The zero-order chi connectivity index (χ0) is 84.3. The van der Waals surface area contributed by atoms with Crippen molar-refractivity contribution in [2.24, 2.45) is 0 Å². The van der Waals surface area contributed by atoms with Crippen LogP contribution >= 0.6 is 0 Å². The van der Waals surface area contributed by atoms with Gasteiger partial charge in [0.1, 0.15) is 0 Å². The van der Waals surface area contributed by atoms with Crippen molar-refractivity contribution < 1.29 is 24.7 Å². The van der Waals surface area contributed by atoms with Crippen LogP contribution in [0, 0.1) is 13.8 Å². The van der Waals surface area contributed by atoms with Crippen molar-refractivity contribution in [2.75, 3.05) is 0 Å². The highest BCUT2D eigenvalue weighted by Crippen LogP contribution is 2.47. The molecule has 1 aromatic carbocycles. The van der Waals surface area contributed by atoms with Gasteiger partial charge in [-0.15, -0.1) is 19.7 Å². The van der Waals surface area contributed by atoms with Crippen LogP contribution < -0.4 is 20.8 Å². The molecular weight excluding hydrogens is 1440 g/mol. The highest BCUT2D eigenvalue weighted by Gasteiger charge is 2.61. The number of benzene rings is 1. The van der Waals surface area contributed by atoms with Crippen LogP contribution in [0.5, 0.6) is 0 Å². The highest BCUT2D eigenvalue weighted by molar-refractivity contribution is 7.67. The molecule has 0 saturated carbocycles. The summed E-state index contributed by atoms with van der Waals surface area (Å²) in [5.74, 6) is 4.73. The molecule has 4 unspecified atom stereocenters. The van der Waals surface area contributed by atoms with Crippen molar-refractivity contribution in [3.05, 3.63) is 21.6 Å². The minimum absolute atomic E-state index is 0.106. The van der Waals surface area contributed by atoms with Gasteiger partial charge in [0.25, 0.3) is 0 Å². The van der Waals surface area contributed by atoms with E-state index in [9.17, 15) is 0 Å². The van der Waals surface area contributed by atoms with E-state index in [1.54, 1.807) is 0 Å². The molecule has 4 atom stereocenters. The predicted molar refractivity (Wildman–Crippen MR) is 619 cm³/mol. The molecule has 106 heavy (non-hydrogen) atoms. The second-order valence-electron chi connectivity index (χ2n) is 45.2. The molecule has 0 amide bonds. The van der Waals surface area contributed by atoms with E-state index < -0.39 is 99.8 Å². The summed E-state index contributed by atoms with van der Waals surface area (Å²) >= 11 is 0. The smallest absolute Gasteiger partial charge is 0.206 e. The van der Waals surface area contributed by atoms with E-state index in [2.05, 4.69) is 367 Å². The summed E-state index contributed by atoms with van der Waals surface area (Å²) in [6.07, 6.45) is 0. The lowest BCUT2D eigenvalue weighted by atomic mass is 8.75. The Balaban J connectivity index is 4.57. The van der Waals surface area contributed by atoms with E-state index in [1.807, 2.05) is 0 Å². The Labute approximate surface area is 704 Å². The molecule has 6 nitrogen and oxygen atoms in total. The van der Waals surface area contributed by atoms with E-state index in [-0.39, 0.29) is 9.47 Å². The first-order chi connectivity index (χ1) is 47.1. The van der Waals surface area contributed by atoms with Crippen LogP contribution in [0.4, 0.5) is 0 Å². The van der Waals surface area contributed by atoms with Gasteiger partial charge in [-0.3, -0.25) is 0 Å². The van der Waals surface area contributed by atoms with Gasteiger partial charge < -0.3 is 24.7 Å². The van der Waals surface area contributed by atoms with Gasteiger partial charge in [-0.05, 0) is 230 Å². The Hall–Kier alpha value is 3.92. The minimum Gasteiger partial charge on any atom is -0.457 e. The minimum atomic E-state index is -2.66. The van der Waals surface area contributed by atoms with Crippen molar-refractivity contribution in [3.63, 3.8) is 0 Å². The molecule has 0 spiro atoms. The second-order valence-corrected chi connectivity index (χ2v) is 96.9. The number of hydrogen-bond donors (Lipinski definition) is 0. The molecule has 0 bridgehead atoms. The monoisotopic (exact) mass is 1600 g/mol. The Morgan fingerprint density at radius 2 is 0.528 bits per heavy atom. The van der Waals surface area contributed by atoms with Crippen LogP contribution in [0.2, 0.25) is 214 Å². The van der Waals surface area contributed by atoms with Gasteiger partial charge in [-0.2, -0.15) is 0 Å². The van der Waals surface area contributed by atoms with Crippen molar-refractivity contribution in [1.82, 2.24) is 0 Å². The Morgan fingerprint density at radius 1 is 0.311 bits per heavy atom. The van der Waals surface area contributed by atoms with E-state index in [0.717, 1.165) is 11.9 Å². The Kier molecular flexibility index (Phi) is 40.8. The molecule has 0 radical (unpaired) electrons. The fourth-order valence-electron chi connectivity index (χ4n) is 24.1. The SMILES string of the molecule is BBB(B)C(C)(B(B)B)B(B)BC[Si](C)(C)O[Si](C)(C)C(B(B)B)(B(B)BB)B(B)BC[Si](C)(C)O[Si](C)(C)C(C)=c1c(C)c([Si](C)(C)O[Si](C)(C)C)c([Si](C)(C)O[Si](C)(C)C)c(C)c1=C(C)[Si](C)(C)O[Si](C)(C)CBB(B)C(B(B)B)(B(B)BB)[Si](C)(C)O[Si](C)(C)CBB(B)C(C)(B(B)B)B(B)BB. The van der Waals surface area contributed by atoms with Crippen LogP contribution in [0.25, 0.3) is 10.4 Å². The average molecular weight is 1600 g/mol. The standard InChI is InChI=1S/C48H152B40O6Si12/c1-37-41(39(3)101(21,22)91-97(13,14)35-71-85(65)47(79(57)58,87(67)75-51)105(29,30)93-99(17,18)33-69-81(61)45(5,77(53)54)83(63)73-49)42(38(2)44(104(27,28)90-96(10,11)12)43(37)103(25,26)89-95(7,8)9)40(4)102(23,24)92-98(15,16)36-72-86(66)48(80(59)60,88(68)76-52)106(31,32)94-100(19,20)34-70-82(62)46(6,78(55)56)84(64)74-50/h69-76H,33-36,49-68H2,1-32H3. The molecule has 0 aliphatic heterocycles. The van der Waals surface area contributed by atoms with E-state index in [4.69, 9.17) is 24.7 Å². The number of hydrogen-bond acceptors (Lipinski definition) is 6. The van der Waals surface area contributed by atoms with Gasteiger partial charge in [-0.1, -0.05) is 48.0 Å². The summed E-state index contributed by atoms with van der Waals surface area (Å²) in [6.45, 7) is 88.4. The quantitative estimate of drug-likeness (QED) is 0.0607. The van der Waals surface area contributed by atoms with Crippen LogP contribution in [0.1, 0.15) is 38.8 Å². The lowest BCUT2D eigenvalue weighted by Crippen LogP contribution is -2.74. The molecule has 548 valence electrons. The molecule has 0 N–H and O–H groups in total. The Bertz CT molecular complexity index is 2950. The summed E-state index contributed by atoms with van der Waals surface area (Å²) in [5.41, 5.74) is 2.85. The maximum atomic E-state index is 8.21. The molecule has 0 saturated heterocycles. The molecule has 1 aromatic rings. The molecule has 58 heteroatoms.